The fourth-order valence-corrected chi connectivity index (χ4v) is 2.03. The summed E-state index contributed by atoms with van der Waals surface area (Å²) >= 11 is 0. The van der Waals surface area contributed by atoms with Gasteiger partial charge in [-0.15, -0.1) is 0 Å². The minimum Gasteiger partial charge on any atom is -0.379 e. The molecule has 3 heteroatoms. The zero-order chi connectivity index (χ0) is 11.1. The van der Waals surface area contributed by atoms with Gasteiger partial charge < -0.3 is 15.0 Å². The smallest absolute Gasteiger partial charge is 0.0518 e. The predicted octanol–water partition coefficient (Wildman–Crippen LogP) is 1.49. The Morgan fingerprint density at radius 2 is 2.20 bits per heavy atom. The van der Waals surface area contributed by atoms with Gasteiger partial charge in [0.1, 0.15) is 0 Å². The van der Waals surface area contributed by atoms with Crippen LogP contribution < -0.4 is 5.32 Å². The van der Waals surface area contributed by atoms with Gasteiger partial charge in [0.25, 0.3) is 0 Å². The van der Waals surface area contributed by atoms with Gasteiger partial charge in [-0.25, -0.2) is 0 Å². The van der Waals surface area contributed by atoms with Gasteiger partial charge in [-0.3, -0.25) is 0 Å². The SMILES string of the molecule is CNC1CCN(CCCCOC(C)C)C1. The Hall–Kier alpha value is -0.120. The van der Waals surface area contributed by atoms with E-state index in [9.17, 15) is 0 Å². The van der Waals surface area contributed by atoms with Crippen molar-refractivity contribution >= 4 is 0 Å². The molecule has 15 heavy (non-hydrogen) atoms. The molecular weight excluding hydrogens is 188 g/mol. The minimum absolute atomic E-state index is 0.380. The van der Waals surface area contributed by atoms with Crippen molar-refractivity contribution < 1.29 is 4.74 Å². The van der Waals surface area contributed by atoms with Crippen LogP contribution in [-0.4, -0.2) is 50.3 Å². The van der Waals surface area contributed by atoms with Crippen LogP contribution in [0.25, 0.3) is 0 Å². The van der Waals surface area contributed by atoms with Crippen molar-refractivity contribution in [2.45, 2.75) is 45.3 Å². The first-order valence-electron chi connectivity index (χ1n) is 6.23. The lowest BCUT2D eigenvalue weighted by atomic mass is 10.3. The molecule has 1 heterocycles. The van der Waals surface area contributed by atoms with E-state index in [4.69, 9.17) is 4.74 Å². The summed E-state index contributed by atoms with van der Waals surface area (Å²) in [5.74, 6) is 0. The largest absolute Gasteiger partial charge is 0.379 e. The van der Waals surface area contributed by atoms with Gasteiger partial charge >= 0.3 is 0 Å². The highest BCUT2D eigenvalue weighted by Crippen LogP contribution is 2.09. The van der Waals surface area contributed by atoms with E-state index in [0.717, 1.165) is 12.6 Å². The average molecular weight is 214 g/mol. The molecule has 1 fully saturated rings. The summed E-state index contributed by atoms with van der Waals surface area (Å²) in [5, 5.41) is 3.34. The Kier molecular flexibility index (Phi) is 6.22. The topological polar surface area (TPSA) is 24.5 Å². The molecule has 0 amide bonds. The van der Waals surface area contributed by atoms with E-state index < -0.39 is 0 Å². The molecule has 1 N–H and O–H groups in total. The second-order valence-corrected chi connectivity index (χ2v) is 4.70. The molecule has 1 saturated heterocycles. The molecule has 1 rings (SSSR count). The van der Waals surface area contributed by atoms with Crippen molar-refractivity contribution in [2.24, 2.45) is 0 Å². The van der Waals surface area contributed by atoms with Crippen LogP contribution in [0.4, 0.5) is 0 Å². The molecule has 90 valence electrons. The Balaban J connectivity index is 1.92. The van der Waals surface area contributed by atoms with E-state index in [1.165, 1.54) is 38.9 Å². The quantitative estimate of drug-likeness (QED) is 0.650. The summed E-state index contributed by atoms with van der Waals surface area (Å²) < 4.78 is 5.52. The van der Waals surface area contributed by atoms with Crippen molar-refractivity contribution in [1.29, 1.82) is 0 Å². The maximum Gasteiger partial charge on any atom is 0.0518 e. The molecule has 0 bridgehead atoms. The van der Waals surface area contributed by atoms with Crippen LogP contribution in [0.3, 0.4) is 0 Å². The van der Waals surface area contributed by atoms with Crippen molar-refractivity contribution in [1.82, 2.24) is 10.2 Å². The highest BCUT2D eigenvalue weighted by molar-refractivity contribution is 4.79. The molecule has 1 atom stereocenters. The third kappa shape index (κ3) is 5.50. The van der Waals surface area contributed by atoms with Gasteiger partial charge in [-0.05, 0) is 53.2 Å². The van der Waals surface area contributed by atoms with Crippen LogP contribution >= 0.6 is 0 Å². The summed E-state index contributed by atoms with van der Waals surface area (Å²) in [6.07, 6.45) is 4.14. The number of likely N-dealkylation sites (N-methyl/N-ethyl adjacent to an activating group) is 1. The number of likely N-dealkylation sites (tertiary alicyclic amines) is 1. The van der Waals surface area contributed by atoms with E-state index in [1.807, 2.05) is 0 Å². The first-order chi connectivity index (χ1) is 7.22. The number of nitrogens with zero attached hydrogens (tertiary/aromatic N) is 1. The highest BCUT2D eigenvalue weighted by atomic mass is 16.5. The standard InChI is InChI=1S/C12H26N2O/c1-11(2)15-9-5-4-7-14-8-6-12(10-14)13-3/h11-13H,4-10H2,1-3H3. The summed E-state index contributed by atoms with van der Waals surface area (Å²) in [6, 6.07) is 0.719. The van der Waals surface area contributed by atoms with Crippen LogP contribution in [0.5, 0.6) is 0 Å². The molecule has 1 unspecified atom stereocenters. The predicted molar refractivity (Wildman–Crippen MR) is 64.2 cm³/mol. The molecule has 0 aliphatic carbocycles. The zero-order valence-corrected chi connectivity index (χ0v) is 10.5. The molecule has 0 radical (unpaired) electrons. The third-order valence-electron chi connectivity index (χ3n) is 3.00. The summed E-state index contributed by atoms with van der Waals surface area (Å²) in [6.45, 7) is 8.83. The number of hydrogen-bond acceptors (Lipinski definition) is 3. The molecule has 0 aromatic heterocycles. The Labute approximate surface area is 94.2 Å². The summed E-state index contributed by atoms with van der Waals surface area (Å²) in [5.41, 5.74) is 0. The molecule has 0 spiro atoms. The molecule has 0 aromatic carbocycles. The van der Waals surface area contributed by atoms with E-state index in [0.29, 0.717) is 6.10 Å². The fourth-order valence-electron chi connectivity index (χ4n) is 2.03. The van der Waals surface area contributed by atoms with E-state index >= 15 is 0 Å². The van der Waals surface area contributed by atoms with Crippen LogP contribution in [0.15, 0.2) is 0 Å². The monoisotopic (exact) mass is 214 g/mol. The number of hydrogen-bond donors (Lipinski definition) is 1. The summed E-state index contributed by atoms with van der Waals surface area (Å²) in [4.78, 5) is 2.55. The third-order valence-corrected chi connectivity index (χ3v) is 3.00. The molecule has 1 aliphatic rings. The van der Waals surface area contributed by atoms with Crippen molar-refractivity contribution in [2.75, 3.05) is 33.3 Å². The maximum absolute atomic E-state index is 5.52. The molecule has 1 aliphatic heterocycles. The van der Waals surface area contributed by atoms with E-state index in [-0.39, 0.29) is 0 Å². The number of ether oxygens (including phenoxy) is 1. The van der Waals surface area contributed by atoms with Crippen molar-refractivity contribution in [3.05, 3.63) is 0 Å². The molecular formula is C12H26N2O. The van der Waals surface area contributed by atoms with E-state index in [1.54, 1.807) is 0 Å². The van der Waals surface area contributed by atoms with Gasteiger partial charge in [0, 0.05) is 19.2 Å². The highest BCUT2D eigenvalue weighted by Gasteiger charge is 2.19. The molecule has 3 nitrogen and oxygen atoms in total. The zero-order valence-electron chi connectivity index (χ0n) is 10.5. The number of unbranched alkanes of at least 4 members (excludes halogenated alkanes) is 1. The van der Waals surface area contributed by atoms with Gasteiger partial charge in [-0.1, -0.05) is 0 Å². The first kappa shape index (κ1) is 12.9. The van der Waals surface area contributed by atoms with Gasteiger partial charge in [-0.2, -0.15) is 0 Å². The van der Waals surface area contributed by atoms with Gasteiger partial charge in [0.2, 0.25) is 0 Å². The Morgan fingerprint density at radius 1 is 1.40 bits per heavy atom. The average Bonchev–Trinajstić information content (AvgIpc) is 2.65. The number of rotatable bonds is 7. The summed E-state index contributed by atoms with van der Waals surface area (Å²) in [7, 11) is 2.06. The van der Waals surface area contributed by atoms with Gasteiger partial charge in [0.05, 0.1) is 6.10 Å². The van der Waals surface area contributed by atoms with Crippen LogP contribution in [-0.2, 0) is 4.74 Å². The first-order valence-corrected chi connectivity index (χ1v) is 6.23. The van der Waals surface area contributed by atoms with Crippen LogP contribution in [0.1, 0.15) is 33.1 Å². The Bertz CT molecular complexity index is 162. The van der Waals surface area contributed by atoms with E-state index in [2.05, 4.69) is 31.1 Å². The maximum atomic E-state index is 5.52. The Morgan fingerprint density at radius 3 is 2.80 bits per heavy atom. The molecule has 0 saturated carbocycles. The van der Waals surface area contributed by atoms with Crippen LogP contribution in [0, 0.1) is 0 Å². The lowest BCUT2D eigenvalue weighted by Crippen LogP contribution is -2.30. The van der Waals surface area contributed by atoms with Crippen LogP contribution in [0.2, 0.25) is 0 Å². The second kappa shape index (κ2) is 7.20. The molecule has 0 aromatic rings. The van der Waals surface area contributed by atoms with Gasteiger partial charge in [0.15, 0.2) is 0 Å². The van der Waals surface area contributed by atoms with Crippen molar-refractivity contribution in [3.8, 4) is 0 Å². The normalized spacial score (nSPS) is 22.8. The van der Waals surface area contributed by atoms with Crippen molar-refractivity contribution in [3.63, 3.8) is 0 Å². The minimum atomic E-state index is 0.380. The number of nitrogens with one attached hydrogen (secondary N) is 1. The lowest BCUT2D eigenvalue weighted by Gasteiger charge is -2.15. The fraction of sp³-hybridized carbons (Fsp3) is 1.00. The second-order valence-electron chi connectivity index (χ2n) is 4.70. The lowest BCUT2D eigenvalue weighted by molar-refractivity contribution is 0.0746.